The van der Waals surface area contributed by atoms with E-state index in [-0.39, 0.29) is 5.82 Å². The Morgan fingerprint density at radius 3 is 2.95 bits per heavy atom. The van der Waals surface area contributed by atoms with Crippen molar-refractivity contribution in [3.63, 3.8) is 0 Å². The molecule has 0 atom stereocenters. The van der Waals surface area contributed by atoms with Gasteiger partial charge in [-0.05, 0) is 41.8 Å². The lowest BCUT2D eigenvalue weighted by molar-refractivity contribution is 0.613. The zero-order chi connectivity index (χ0) is 13.9. The van der Waals surface area contributed by atoms with Gasteiger partial charge in [0.1, 0.15) is 5.82 Å². The van der Waals surface area contributed by atoms with Crippen molar-refractivity contribution in [2.24, 2.45) is 4.99 Å². The number of anilines is 1. The monoisotopic (exact) mass is 288 g/mol. The number of hydrogen-bond acceptors (Lipinski definition) is 2. The standard InChI is InChI=1S/C16H14ClFN2/c17-14-3-1-12(16(18)8-14)10-20-15-4-2-11-5-6-19-9-13(11)7-15/h1-4,7-9,20H,5-6,10H2. The highest BCUT2D eigenvalue weighted by Gasteiger charge is 2.07. The minimum Gasteiger partial charge on any atom is -0.381 e. The van der Waals surface area contributed by atoms with Crippen molar-refractivity contribution in [1.82, 2.24) is 0 Å². The van der Waals surface area contributed by atoms with E-state index >= 15 is 0 Å². The lowest BCUT2D eigenvalue weighted by Crippen LogP contribution is -2.06. The SMILES string of the molecule is Fc1cc(Cl)ccc1CNc1ccc2c(c1)C=NCC2. The van der Waals surface area contributed by atoms with Gasteiger partial charge in [-0.25, -0.2) is 4.39 Å². The summed E-state index contributed by atoms with van der Waals surface area (Å²) in [4.78, 5) is 4.27. The molecule has 0 unspecified atom stereocenters. The minimum atomic E-state index is -0.287. The molecular formula is C16H14ClFN2. The molecule has 1 N–H and O–H groups in total. The normalized spacial score (nSPS) is 13.1. The number of aliphatic imine (C=N–C) groups is 1. The van der Waals surface area contributed by atoms with E-state index in [9.17, 15) is 4.39 Å². The third kappa shape index (κ3) is 2.83. The molecule has 0 saturated heterocycles. The fraction of sp³-hybridized carbons (Fsp3) is 0.188. The average molecular weight is 289 g/mol. The molecule has 1 heterocycles. The zero-order valence-corrected chi connectivity index (χ0v) is 11.6. The molecule has 3 rings (SSSR count). The third-order valence-electron chi connectivity index (χ3n) is 3.38. The Morgan fingerprint density at radius 2 is 2.10 bits per heavy atom. The summed E-state index contributed by atoms with van der Waals surface area (Å²) in [5.74, 6) is -0.287. The van der Waals surface area contributed by atoms with E-state index in [1.54, 1.807) is 12.1 Å². The Labute approximate surface area is 122 Å². The molecule has 0 fully saturated rings. The van der Waals surface area contributed by atoms with E-state index in [0.29, 0.717) is 17.1 Å². The summed E-state index contributed by atoms with van der Waals surface area (Å²) >= 11 is 5.74. The summed E-state index contributed by atoms with van der Waals surface area (Å²) in [5, 5.41) is 3.64. The molecule has 1 aliphatic heterocycles. The van der Waals surface area contributed by atoms with Crippen LogP contribution < -0.4 is 5.32 Å². The van der Waals surface area contributed by atoms with Gasteiger partial charge in [-0.15, -0.1) is 0 Å². The Bertz CT molecular complexity index is 668. The molecule has 1 aliphatic rings. The van der Waals surface area contributed by atoms with Crippen LogP contribution in [0, 0.1) is 5.82 Å². The molecular weight excluding hydrogens is 275 g/mol. The highest BCUT2D eigenvalue weighted by Crippen LogP contribution is 2.20. The maximum atomic E-state index is 13.7. The second-order valence-corrected chi connectivity index (χ2v) is 5.22. The summed E-state index contributed by atoms with van der Waals surface area (Å²) in [6.45, 7) is 1.29. The molecule has 2 aromatic rings. The molecule has 0 amide bonds. The number of halogens is 2. The largest absolute Gasteiger partial charge is 0.381 e. The number of nitrogens with one attached hydrogen (secondary N) is 1. The fourth-order valence-electron chi connectivity index (χ4n) is 2.26. The van der Waals surface area contributed by atoms with Gasteiger partial charge in [-0.3, -0.25) is 4.99 Å². The van der Waals surface area contributed by atoms with Gasteiger partial charge in [0.25, 0.3) is 0 Å². The van der Waals surface area contributed by atoms with Gasteiger partial charge in [0.05, 0.1) is 0 Å². The molecule has 2 nitrogen and oxygen atoms in total. The first-order chi connectivity index (χ1) is 9.72. The van der Waals surface area contributed by atoms with Crippen LogP contribution in [0.1, 0.15) is 16.7 Å². The van der Waals surface area contributed by atoms with Crippen molar-refractivity contribution >= 4 is 23.5 Å². The van der Waals surface area contributed by atoms with Gasteiger partial charge in [0.15, 0.2) is 0 Å². The van der Waals surface area contributed by atoms with Crippen LogP contribution in [-0.2, 0) is 13.0 Å². The smallest absolute Gasteiger partial charge is 0.129 e. The molecule has 102 valence electrons. The van der Waals surface area contributed by atoms with Gasteiger partial charge >= 0.3 is 0 Å². The molecule has 0 bridgehead atoms. The van der Waals surface area contributed by atoms with Crippen molar-refractivity contribution in [1.29, 1.82) is 0 Å². The molecule has 0 aromatic heterocycles. The molecule has 0 radical (unpaired) electrons. The number of rotatable bonds is 3. The fourth-order valence-corrected chi connectivity index (χ4v) is 2.42. The highest BCUT2D eigenvalue weighted by atomic mass is 35.5. The predicted molar refractivity (Wildman–Crippen MR) is 81.3 cm³/mol. The summed E-state index contributed by atoms with van der Waals surface area (Å²) in [5.41, 5.74) is 4.01. The predicted octanol–water partition coefficient (Wildman–Crippen LogP) is 4.07. The highest BCUT2D eigenvalue weighted by molar-refractivity contribution is 6.30. The van der Waals surface area contributed by atoms with E-state index < -0.39 is 0 Å². The first-order valence-corrected chi connectivity index (χ1v) is 6.91. The zero-order valence-electron chi connectivity index (χ0n) is 10.9. The summed E-state index contributed by atoms with van der Waals surface area (Å²) in [6.07, 6.45) is 2.88. The number of nitrogens with zero attached hydrogens (tertiary/aromatic N) is 1. The summed E-state index contributed by atoms with van der Waals surface area (Å²) in [7, 11) is 0. The van der Waals surface area contributed by atoms with Crippen LogP contribution in [0.2, 0.25) is 5.02 Å². The summed E-state index contributed by atoms with van der Waals surface area (Å²) < 4.78 is 13.7. The number of hydrogen-bond donors (Lipinski definition) is 1. The average Bonchev–Trinajstić information content (AvgIpc) is 2.46. The van der Waals surface area contributed by atoms with Gasteiger partial charge in [-0.2, -0.15) is 0 Å². The Morgan fingerprint density at radius 1 is 1.20 bits per heavy atom. The third-order valence-corrected chi connectivity index (χ3v) is 3.62. The lowest BCUT2D eigenvalue weighted by Gasteiger charge is -2.13. The van der Waals surface area contributed by atoms with Crippen LogP contribution in [0.4, 0.5) is 10.1 Å². The molecule has 0 spiro atoms. The minimum absolute atomic E-state index is 0.287. The van der Waals surface area contributed by atoms with Crippen molar-refractivity contribution in [3.8, 4) is 0 Å². The lowest BCUT2D eigenvalue weighted by atomic mass is 10.0. The molecule has 20 heavy (non-hydrogen) atoms. The van der Waals surface area contributed by atoms with Crippen LogP contribution in [0.15, 0.2) is 41.4 Å². The first kappa shape index (κ1) is 13.1. The van der Waals surface area contributed by atoms with Gasteiger partial charge in [0, 0.05) is 35.6 Å². The maximum absolute atomic E-state index is 13.7. The van der Waals surface area contributed by atoms with Crippen LogP contribution >= 0.6 is 11.6 Å². The van der Waals surface area contributed by atoms with Crippen LogP contribution in [0.3, 0.4) is 0 Å². The molecule has 4 heteroatoms. The second kappa shape index (κ2) is 5.63. The Kier molecular flexibility index (Phi) is 3.70. The Hall–Kier alpha value is -1.87. The number of benzene rings is 2. The maximum Gasteiger partial charge on any atom is 0.129 e. The topological polar surface area (TPSA) is 24.4 Å². The molecule has 2 aromatic carbocycles. The van der Waals surface area contributed by atoms with Gasteiger partial charge in [-0.1, -0.05) is 23.7 Å². The van der Waals surface area contributed by atoms with E-state index in [2.05, 4.69) is 16.4 Å². The molecule has 0 saturated carbocycles. The van der Waals surface area contributed by atoms with Gasteiger partial charge < -0.3 is 5.32 Å². The van der Waals surface area contributed by atoms with Crippen molar-refractivity contribution in [3.05, 3.63) is 63.9 Å². The quantitative estimate of drug-likeness (QED) is 0.905. The van der Waals surface area contributed by atoms with E-state index in [4.69, 9.17) is 11.6 Å². The van der Waals surface area contributed by atoms with E-state index in [1.165, 1.54) is 11.6 Å². The Balaban J connectivity index is 1.74. The second-order valence-electron chi connectivity index (χ2n) is 4.79. The van der Waals surface area contributed by atoms with Gasteiger partial charge in [0.2, 0.25) is 0 Å². The van der Waals surface area contributed by atoms with Crippen molar-refractivity contribution in [2.45, 2.75) is 13.0 Å². The van der Waals surface area contributed by atoms with Crippen LogP contribution in [0.5, 0.6) is 0 Å². The van der Waals surface area contributed by atoms with Crippen LogP contribution in [0.25, 0.3) is 0 Å². The van der Waals surface area contributed by atoms with E-state index in [1.807, 2.05) is 18.3 Å². The first-order valence-electron chi connectivity index (χ1n) is 6.53. The summed E-state index contributed by atoms with van der Waals surface area (Å²) in [6, 6.07) is 10.9. The van der Waals surface area contributed by atoms with Crippen molar-refractivity contribution < 1.29 is 4.39 Å². The van der Waals surface area contributed by atoms with E-state index in [0.717, 1.165) is 24.2 Å². The van der Waals surface area contributed by atoms with Crippen molar-refractivity contribution in [2.75, 3.05) is 11.9 Å². The molecule has 0 aliphatic carbocycles. The van der Waals surface area contributed by atoms with Crippen LogP contribution in [-0.4, -0.2) is 12.8 Å². The number of fused-ring (bicyclic) bond motifs is 1.